The van der Waals surface area contributed by atoms with E-state index in [2.05, 4.69) is 25.8 Å². The number of nitrogens with zero attached hydrogens (tertiary/aromatic N) is 4. The summed E-state index contributed by atoms with van der Waals surface area (Å²) in [6, 6.07) is 8.04. The number of carbonyl (C=O) groups excluding carboxylic acids is 3. The highest BCUT2D eigenvalue weighted by molar-refractivity contribution is 6.07. The van der Waals surface area contributed by atoms with Crippen molar-refractivity contribution in [2.75, 3.05) is 4.90 Å². The summed E-state index contributed by atoms with van der Waals surface area (Å²) in [5.74, 6) is -1.35. The van der Waals surface area contributed by atoms with E-state index in [1.165, 1.54) is 11.1 Å². The van der Waals surface area contributed by atoms with Gasteiger partial charge in [-0.15, -0.1) is 10.2 Å². The van der Waals surface area contributed by atoms with Crippen LogP contribution in [0.1, 0.15) is 82.3 Å². The Balaban J connectivity index is 1.60. The Morgan fingerprint density at radius 3 is 2.31 bits per heavy atom. The molecule has 3 N–H and O–H groups in total. The lowest BCUT2D eigenvalue weighted by Crippen LogP contribution is -2.58. The molecule has 1 aromatic carbocycles. The normalized spacial score (nSPS) is 17.1. The third kappa shape index (κ3) is 6.51. The number of hydrogen-bond acceptors (Lipinski definition) is 8. The van der Waals surface area contributed by atoms with Crippen molar-refractivity contribution in [3.63, 3.8) is 0 Å². The monoisotopic (exact) mass is 576 g/mol. The van der Waals surface area contributed by atoms with Crippen molar-refractivity contribution >= 4 is 23.4 Å². The number of pyridine rings is 1. The van der Waals surface area contributed by atoms with E-state index < -0.39 is 47.4 Å². The summed E-state index contributed by atoms with van der Waals surface area (Å²) in [5, 5.41) is 25.1. The lowest BCUT2D eigenvalue weighted by atomic mass is 9.96. The molecule has 42 heavy (non-hydrogen) atoms. The molecular formula is C31H40N6O5. The largest absolute Gasteiger partial charge is 0.422 e. The molecule has 0 fully saturated rings. The van der Waals surface area contributed by atoms with Gasteiger partial charge < -0.3 is 20.2 Å². The number of aliphatic hydroxyl groups excluding tert-OH is 1. The molecule has 224 valence electrons. The molecule has 0 radical (unpaired) electrons. The van der Waals surface area contributed by atoms with Gasteiger partial charge in [0.1, 0.15) is 12.1 Å². The zero-order valence-corrected chi connectivity index (χ0v) is 25.2. The molecule has 0 saturated heterocycles. The Kier molecular flexibility index (Phi) is 9.10. The van der Waals surface area contributed by atoms with E-state index in [0.29, 0.717) is 17.1 Å². The maximum atomic E-state index is 14.1. The van der Waals surface area contributed by atoms with Gasteiger partial charge in [-0.3, -0.25) is 24.3 Å². The first-order chi connectivity index (χ1) is 19.8. The summed E-state index contributed by atoms with van der Waals surface area (Å²) >= 11 is 0. The molecule has 0 saturated carbocycles. The fourth-order valence-electron chi connectivity index (χ4n) is 4.93. The van der Waals surface area contributed by atoms with Gasteiger partial charge in [-0.05, 0) is 35.6 Å². The SMILES string of the molecule is CC(C)[C@H](NC(=O)[C@@H]1Cc2ccccc2N1C(=O)[C@@H](NC(=O)c1cccnc1)C(C)C)C(O)c1nnc(C(C)(C)C)o1. The molecule has 3 aromatic rings. The second-order valence-corrected chi connectivity index (χ2v) is 12.4. The van der Waals surface area contributed by atoms with Gasteiger partial charge in [-0.25, -0.2) is 0 Å². The maximum absolute atomic E-state index is 14.1. The van der Waals surface area contributed by atoms with Crippen LogP contribution in [-0.2, 0) is 21.4 Å². The molecule has 4 rings (SSSR count). The summed E-state index contributed by atoms with van der Waals surface area (Å²) in [6.07, 6.45) is 2.03. The minimum Gasteiger partial charge on any atom is -0.422 e. The number of aliphatic hydroxyl groups is 1. The summed E-state index contributed by atoms with van der Waals surface area (Å²) in [6.45, 7) is 13.2. The molecule has 1 aliphatic heterocycles. The van der Waals surface area contributed by atoms with Gasteiger partial charge in [0.05, 0.1) is 11.6 Å². The van der Waals surface area contributed by atoms with Crippen molar-refractivity contribution in [1.29, 1.82) is 0 Å². The van der Waals surface area contributed by atoms with E-state index in [-0.39, 0.29) is 24.1 Å². The molecule has 4 atom stereocenters. The summed E-state index contributed by atoms with van der Waals surface area (Å²) in [5.41, 5.74) is 1.37. The Labute approximate surface area is 246 Å². The van der Waals surface area contributed by atoms with Crippen molar-refractivity contribution in [2.24, 2.45) is 11.8 Å². The first kappa shape index (κ1) is 30.8. The Bertz CT molecular complexity index is 1410. The molecule has 0 aliphatic carbocycles. The maximum Gasteiger partial charge on any atom is 0.253 e. The first-order valence-corrected chi connectivity index (χ1v) is 14.2. The number of fused-ring (bicyclic) bond motifs is 1. The van der Waals surface area contributed by atoms with Crippen LogP contribution >= 0.6 is 0 Å². The minimum absolute atomic E-state index is 0.0135. The smallest absolute Gasteiger partial charge is 0.253 e. The molecule has 11 heteroatoms. The van der Waals surface area contributed by atoms with Crippen LogP contribution in [0.4, 0.5) is 5.69 Å². The van der Waals surface area contributed by atoms with E-state index >= 15 is 0 Å². The summed E-state index contributed by atoms with van der Waals surface area (Å²) in [4.78, 5) is 46.5. The van der Waals surface area contributed by atoms with Gasteiger partial charge in [0.25, 0.3) is 11.8 Å². The third-order valence-electron chi connectivity index (χ3n) is 7.36. The number of aromatic nitrogens is 3. The molecule has 0 spiro atoms. The van der Waals surface area contributed by atoms with Crippen molar-refractivity contribution in [3.05, 3.63) is 71.7 Å². The number of hydrogen-bond donors (Lipinski definition) is 3. The van der Waals surface area contributed by atoms with Crippen LogP contribution < -0.4 is 15.5 Å². The topological polar surface area (TPSA) is 151 Å². The predicted octanol–water partition coefficient (Wildman–Crippen LogP) is 3.35. The number of carbonyl (C=O) groups is 3. The molecule has 3 amide bonds. The van der Waals surface area contributed by atoms with Crippen LogP contribution in [0.3, 0.4) is 0 Å². The second-order valence-electron chi connectivity index (χ2n) is 12.4. The minimum atomic E-state index is -1.26. The Morgan fingerprint density at radius 2 is 1.71 bits per heavy atom. The lowest BCUT2D eigenvalue weighted by Gasteiger charge is -2.33. The van der Waals surface area contributed by atoms with Crippen molar-refractivity contribution < 1.29 is 23.9 Å². The molecule has 2 aromatic heterocycles. The quantitative estimate of drug-likeness (QED) is 0.351. The van der Waals surface area contributed by atoms with E-state index in [1.807, 2.05) is 60.6 Å². The molecule has 11 nitrogen and oxygen atoms in total. The number of amides is 3. The second kappa shape index (κ2) is 12.4. The average Bonchev–Trinajstić information content (AvgIpc) is 3.60. The van der Waals surface area contributed by atoms with Crippen LogP contribution in [-0.4, -0.2) is 56.1 Å². The first-order valence-electron chi connectivity index (χ1n) is 14.2. The number of benzene rings is 1. The number of nitrogens with one attached hydrogen (secondary N) is 2. The highest BCUT2D eigenvalue weighted by atomic mass is 16.4. The fraction of sp³-hybridized carbons (Fsp3) is 0.484. The van der Waals surface area contributed by atoms with Crippen LogP contribution in [0.25, 0.3) is 0 Å². The van der Waals surface area contributed by atoms with Gasteiger partial charge in [0, 0.05) is 29.9 Å². The van der Waals surface area contributed by atoms with Crippen molar-refractivity contribution in [2.45, 2.75) is 84.5 Å². The Morgan fingerprint density at radius 1 is 1.00 bits per heavy atom. The van der Waals surface area contributed by atoms with Gasteiger partial charge in [0.2, 0.25) is 17.7 Å². The van der Waals surface area contributed by atoms with Crippen molar-refractivity contribution in [3.8, 4) is 0 Å². The van der Waals surface area contributed by atoms with E-state index in [0.717, 1.165) is 5.56 Å². The van der Waals surface area contributed by atoms with E-state index in [1.54, 1.807) is 30.5 Å². The number of anilines is 1. The van der Waals surface area contributed by atoms with Gasteiger partial charge in [0.15, 0.2) is 6.10 Å². The van der Waals surface area contributed by atoms with Gasteiger partial charge >= 0.3 is 0 Å². The van der Waals surface area contributed by atoms with Gasteiger partial charge in [-0.1, -0.05) is 66.7 Å². The molecule has 1 aliphatic rings. The number of rotatable bonds is 9. The highest BCUT2D eigenvalue weighted by Gasteiger charge is 2.43. The summed E-state index contributed by atoms with van der Waals surface area (Å²) < 4.78 is 5.76. The molecule has 1 unspecified atom stereocenters. The van der Waals surface area contributed by atoms with Crippen LogP contribution in [0.5, 0.6) is 0 Å². The number of para-hydroxylation sites is 1. The Hall–Kier alpha value is -4.12. The van der Waals surface area contributed by atoms with E-state index in [4.69, 9.17) is 4.42 Å². The van der Waals surface area contributed by atoms with Crippen LogP contribution in [0, 0.1) is 11.8 Å². The highest BCUT2D eigenvalue weighted by Crippen LogP contribution is 2.34. The fourth-order valence-corrected chi connectivity index (χ4v) is 4.93. The van der Waals surface area contributed by atoms with Crippen molar-refractivity contribution in [1.82, 2.24) is 25.8 Å². The van der Waals surface area contributed by atoms with Crippen LogP contribution in [0.2, 0.25) is 0 Å². The molecule has 3 heterocycles. The zero-order valence-electron chi connectivity index (χ0n) is 25.2. The molecule has 0 bridgehead atoms. The van der Waals surface area contributed by atoms with E-state index in [9.17, 15) is 19.5 Å². The van der Waals surface area contributed by atoms with Crippen LogP contribution in [0.15, 0.2) is 53.2 Å². The van der Waals surface area contributed by atoms with Gasteiger partial charge in [-0.2, -0.15) is 0 Å². The molecular weight excluding hydrogens is 536 g/mol. The summed E-state index contributed by atoms with van der Waals surface area (Å²) in [7, 11) is 0. The zero-order chi connectivity index (χ0) is 30.8. The average molecular weight is 577 g/mol. The predicted molar refractivity (Wildman–Crippen MR) is 156 cm³/mol. The lowest BCUT2D eigenvalue weighted by molar-refractivity contribution is -0.128. The third-order valence-corrected chi connectivity index (χ3v) is 7.36. The standard InChI is InChI=1S/C31H40N6O5/c1-17(2)23(25(38)28-35-36-30(42-28)31(5,6)7)33-27(40)22-15-19-11-8-9-13-21(19)37(22)29(41)24(18(3)4)34-26(39)20-12-10-14-32-16-20/h8-14,16-18,22-25,38H,15H2,1-7H3,(H,33,40)(H,34,39)/t22-,23-,24-,25?/m0/s1.